The zero-order chi connectivity index (χ0) is 16.6. The van der Waals surface area contributed by atoms with Gasteiger partial charge in [0.25, 0.3) is 0 Å². The lowest BCUT2D eigenvalue weighted by Crippen LogP contribution is -2.04. The molecule has 4 N–H and O–H groups in total. The van der Waals surface area contributed by atoms with E-state index in [0.29, 0.717) is 6.54 Å². The zero-order valence-electron chi connectivity index (χ0n) is 13.9. The zero-order valence-corrected chi connectivity index (χ0v) is 13.9. The van der Waals surface area contributed by atoms with Crippen molar-refractivity contribution in [2.75, 3.05) is 5.73 Å². The average Bonchev–Trinajstić information content (AvgIpc) is 2.91. The largest absolute Gasteiger partial charge is 0.398 e. The molecule has 0 amide bonds. The Morgan fingerprint density at radius 2 is 1.78 bits per heavy atom. The third-order valence-electron chi connectivity index (χ3n) is 4.37. The summed E-state index contributed by atoms with van der Waals surface area (Å²) in [5.74, 6) is 0. The molecule has 0 aliphatic heterocycles. The fourth-order valence-electron chi connectivity index (χ4n) is 3.11. The Bertz CT molecular complexity index is 859. The van der Waals surface area contributed by atoms with Crippen molar-refractivity contribution in [1.29, 1.82) is 0 Å². The minimum Gasteiger partial charge on any atom is -0.398 e. The second-order valence-corrected chi connectivity index (χ2v) is 6.13. The lowest BCUT2D eigenvalue weighted by atomic mass is 9.96. The molecule has 3 rings (SSSR count). The molecule has 0 saturated heterocycles. The highest BCUT2D eigenvalue weighted by Gasteiger charge is 2.14. The van der Waals surface area contributed by atoms with E-state index in [1.165, 1.54) is 22.4 Å². The second-order valence-electron chi connectivity index (χ2n) is 6.13. The van der Waals surface area contributed by atoms with Crippen LogP contribution in [0, 0.1) is 13.8 Å². The van der Waals surface area contributed by atoms with Crippen LogP contribution >= 0.6 is 0 Å². The van der Waals surface area contributed by atoms with Gasteiger partial charge in [-0.2, -0.15) is 0 Å². The molecule has 3 nitrogen and oxygen atoms in total. The van der Waals surface area contributed by atoms with E-state index in [1.54, 1.807) is 0 Å². The van der Waals surface area contributed by atoms with Gasteiger partial charge in [-0.3, -0.25) is 0 Å². The molecule has 0 aliphatic rings. The molecule has 0 unspecified atom stereocenters. The third-order valence-corrected chi connectivity index (χ3v) is 4.37. The molecule has 0 radical (unpaired) electrons. The number of nitrogens with two attached hydrogens (primary N) is 2. The molecule has 3 aromatic rings. The van der Waals surface area contributed by atoms with Gasteiger partial charge in [0.1, 0.15) is 0 Å². The lowest BCUT2D eigenvalue weighted by Gasteiger charge is -2.13. The minimum absolute atomic E-state index is 0.452. The van der Waals surface area contributed by atoms with Crippen molar-refractivity contribution in [3.8, 4) is 22.4 Å². The van der Waals surface area contributed by atoms with Gasteiger partial charge in [-0.1, -0.05) is 23.8 Å². The Balaban J connectivity index is 2.21. The van der Waals surface area contributed by atoms with Crippen LogP contribution in [-0.4, -0.2) is 4.57 Å². The maximum atomic E-state index is 6.13. The van der Waals surface area contributed by atoms with Gasteiger partial charge in [-0.15, -0.1) is 0 Å². The number of nitrogen functional groups attached to an aromatic ring is 1. The predicted octanol–water partition coefficient (Wildman–Crippen LogP) is 4.02. The Morgan fingerprint density at radius 1 is 1.00 bits per heavy atom. The molecule has 0 fully saturated rings. The molecule has 0 atom stereocenters. The summed E-state index contributed by atoms with van der Waals surface area (Å²) in [7, 11) is 2.08. The first-order valence-corrected chi connectivity index (χ1v) is 7.83. The van der Waals surface area contributed by atoms with E-state index < -0.39 is 0 Å². The first-order valence-electron chi connectivity index (χ1n) is 7.83. The van der Waals surface area contributed by atoms with Gasteiger partial charge < -0.3 is 16.0 Å². The van der Waals surface area contributed by atoms with Crippen molar-refractivity contribution in [3.63, 3.8) is 0 Å². The monoisotopic (exact) mass is 305 g/mol. The highest BCUT2D eigenvalue weighted by Crippen LogP contribution is 2.35. The van der Waals surface area contributed by atoms with Gasteiger partial charge >= 0.3 is 0 Å². The standard InChI is InChI=1S/C20H23N3/c1-13-5-4-6-15(9-13)20-18(7-8-23(20)3)16-10-14(2)19(22)17(11-16)12-21/h4-11H,12,21-22H2,1-3H3. The number of anilines is 1. The molecule has 3 heteroatoms. The summed E-state index contributed by atoms with van der Waals surface area (Å²) in [5, 5.41) is 0. The molecular weight excluding hydrogens is 282 g/mol. The summed E-state index contributed by atoms with van der Waals surface area (Å²) >= 11 is 0. The second kappa shape index (κ2) is 5.94. The highest BCUT2D eigenvalue weighted by molar-refractivity contribution is 5.83. The van der Waals surface area contributed by atoms with Gasteiger partial charge in [0.15, 0.2) is 0 Å². The van der Waals surface area contributed by atoms with Gasteiger partial charge in [0.05, 0.1) is 5.69 Å². The minimum atomic E-state index is 0.452. The van der Waals surface area contributed by atoms with E-state index in [1.807, 2.05) is 6.92 Å². The summed E-state index contributed by atoms with van der Waals surface area (Å²) in [5.41, 5.74) is 20.9. The van der Waals surface area contributed by atoms with E-state index in [2.05, 4.69) is 67.2 Å². The van der Waals surface area contributed by atoms with Crippen molar-refractivity contribution in [2.24, 2.45) is 12.8 Å². The van der Waals surface area contributed by atoms with Crippen LogP contribution in [0.5, 0.6) is 0 Å². The topological polar surface area (TPSA) is 57.0 Å². The number of nitrogens with zero attached hydrogens (tertiary/aromatic N) is 1. The fourth-order valence-corrected chi connectivity index (χ4v) is 3.11. The summed E-state index contributed by atoms with van der Waals surface area (Å²) in [6.45, 7) is 4.60. The van der Waals surface area contributed by atoms with Crippen molar-refractivity contribution < 1.29 is 0 Å². The maximum Gasteiger partial charge on any atom is 0.0557 e. The lowest BCUT2D eigenvalue weighted by molar-refractivity contribution is 0.937. The predicted molar refractivity (Wildman–Crippen MR) is 98.1 cm³/mol. The number of hydrogen-bond donors (Lipinski definition) is 2. The summed E-state index contributed by atoms with van der Waals surface area (Å²) in [6.07, 6.45) is 2.10. The molecule has 23 heavy (non-hydrogen) atoms. The molecule has 0 saturated carbocycles. The number of rotatable bonds is 3. The Morgan fingerprint density at radius 3 is 2.48 bits per heavy atom. The highest BCUT2D eigenvalue weighted by atomic mass is 14.9. The fraction of sp³-hybridized carbons (Fsp3) is 0.200. The Hall–Kier alpha value is -2.52. The van der Waals surface area contributed by atoms with Crippen LogP contribution in [-0.2, 0) is 13.6 Å². The van der Waals surface area contributed by atoms with E-state index >= 15 is 0 Å². The molecule has 1 heterocycles. The normalized spacial score (nSPS) is 11.0. The molecule has 0 bridgehead atoms. The van der Waals surface area contributed by atoms with Crippen LogP contribution < -0.4 is 11.5 Å². The van der Waals surface area contributed by atoms with Gasteiger partial charge in [-0.05, 0) is 60.4 Å². The molecule has 0 spiro atoms. The molecule has 1 aromatic heterocycles. The smallest absolute Gasteiger partial charge is 0.0557 e. The van der Waals surface area contributed by atoms with Crippen molar-refractivity contribution in [2.45, 2.75) is 20.4 Å². The number of benzene rings is 2. The summed E-state index contributed by atoms with van der Waals surface area (Å²) in [6, 6.07) is 15.0. The number of hydrogen-bond acceptors (Lipinski definition) is 2. The van der Waals surface area contributed by atoms with Crippen LogP contribution in [0.25, 0.3) is 22.4 Å². The molecule has 0 aliphatic carbocycles. The SMILES string of the molecule is Cc1cccc(-c2c(-c3cc(C)c(N)c(CN)c3)ccn2C)c1. The van der Waals surface area contributed by atoms with Crippen LogP contribution in [0.15, 0.2) is 48.7 Å². The molecule has 118 valence electrons. The van der Waals surface area contributed by atoms with Gasteiger partial charge in [0.2, 0.25) is 0 Å². The van der Waals surface area contributed by atoms with Crippen molar-refractivity contribution >= 4 is 5.69 Å². The number of aryl methyl sites for hydroxylation is 3. The molecular formula is C20H23N3. The van der Waals surface area contributed by atoms with E-state index in [0.717, 1.165) is 22.4 Å². The summed E-state index contributed by atoms with van der Waals surface area (Å²) in [4.78, 5) is 0. The first-order chi connectivity index (χ1) is 11.0. The molecule has 2 aromatic carbocycles. The Labute approximate surface area is 137 Å². The van der Waals surface area contributed by atoms with E-state index in [9.17, 15) is 0 Å². The van der Waals surface area contributed by atoms with Crippen LogP contribution in [0.2, 0.25) is 0 Å². The average molecular weight is 305 g/mol. The third kappa shape index (κ3) is 2.76. The number of aromatic nitrogens is 1. The van der Waals surface area contributed by atoms with Crippen LogP contribution in [0.4, 0.5) is 5.69 Å². The van der Waals surface area contributed by atoms with Gasteiger partial charge in [0, 0.05) is 31.0 Å². The van der Waals surface area contributed by atoms with E-state index in [4.69, 9.17) is 11.5 Å². The quantitative estimate of drug-likeness (QED) is 0.718. The van der Waals surface area contributed by atoms with Crippen molar-refractivity contribution in [1.82, 2.24) is 4.57 Å². The first kappa shape index (κ1) is 15.4. The summed E-state index contributed by atoms with van der Waals surface area (Å²) < 4.78 is 2.16. The van der Waals surface area contributed by atoms with Crippen LogP contribution in [0.1, 0.15) is 16.7 Å². The van der Waals surface area contributed by atoms with Crippen LogP contribution in [0.3, 0.4) is 0 Å². The Kier molecular flexibility index (Phi) is 3.97. The van der Waals surface area contributed by atoms with E-state index in [-0.39, 0.29) is 0 Å². The van der Waals surface area contributed by atoms with Gasteiger partial charge in [-0.25, -0.2) is 0 Å². The van der Waals surface area contributed by atoms with Crippen molar-refractivity contribution in [3.05, 3.63) is 65.4 Å². The maximum absolute atomic E-state index is 6.13.